The minimum atomic E-state index is -0.160. The fourth-order valence-corrected chi connectivity index (χ4v) is 1.81. The highest BCUT2D eigenvalue weighted by Crippen LogP contribution is 2.14. The van der Waals surface area contributed by atoms with Gasteiger partial charge in [-0.05, 0) is 6.92 Å². The smallest absolute Gasteiger partial charge is 0.259 e. The molecule has 0 fully saturated rings. The molecule has 7 heteroatoms. The predicted octanol–water partition coefficient (Wildman–Crippen LogP) is 0.126. The zero-order valence-corrected chi connectivity index (χ0v) is 11.9. The molecule has 0 aliphatic carbocycles. The van der Waals surface area contributed by atoms with Crippen LogP contribution >= 0.6 is 0 Å². The van der Waals surface area contributed by atoms with E-state index in [-0.39, 0.29) is 11.9 Å². The summed E-state index contributed by atoms with van der Waals surface area (Å²) in [5.74, 6) is 0.198. The molecule has 0 saturated carbocycles. The molecule has 1 atom stereocenters. The molecule has 0 radical (unpaired) electrons. The fraction of sp³-hybridized carbons (Fsp3) is 0.667. The van der Waals surface area contributed by atoms with Gasteiger partial charge < -0.3 is 20.1 Å². The summed E-state index contributed by atoms with van der Waals surface area (Å²) >= 11 is 0. The molecule has 0 aliphatic heterocycles. The Labute approximate surface area is 113 Å². The molecule has 0 bridgehead atoms. The highest BCUT2D eigenvalue weighted by molar-refractivity contribution is 5.98. The van der Waals surface area contributed by atoms with Gasteiger partial charge in [0.15, 0.2) is 0 Å². The van der Waals surface area contributed by atoms with Gasteiger partial charge in [-0.15, -0.1) is 0 Å². The van der Waals surface area contributed by atoms with Crippen LogP contribution in [0, 0.1) is 0 Å². The molecular weight excluding hydrogens is 248 g/mol. The Kier molecular flexibility index (Phi) is 5.78. The highest BCUT2D eigenvalue weighted by Gasteiger charge is 2.24. The number of carbonyl (C=O) groups excluding carboxylic acids is 1. The minimum Gasteiger partial charge on any atom is -0.383 e. The zero-order valence-electron chi connectivity index (χ0n) is 11.9. The zero-order chi connectivity index (χ0) is 14.4. The van der Waals surface area contributed by atoms with Crippen molar-refractivity contribution in [3.8, 4) is 0 Å². The van der Waals surface area contributed by atoms with Crippen LogP contribution in [0.5, 0.6) is 0 Å². The molecule has 0 saturated heterocycles. The van der Waals surface area contributed by atoms with Gasteiger partial charge in [-0.1, -0.05) is 0 Å². The number of carbonyl (C=O) groups is 1. The van der Waals surface area contributed by atoms with E-state index in [1.165, 1.54) is 10.9 Å². The second-order valence-electron chi connectivity index (χ2n) is 4.36. The Morgan fingerprint density at radius 3 is 2.68 bits per heavy atom. The van der Waals surface area contributed by atoms with E-state index in [0.29, 0.717) is 31.1 Å². The first-order valence-corrected chi connectivity index (χ1v) is 6.09. The van der Waals surface area contributed by atoms with Crippen LogP contribution in [-0.2, 0) is 16.5 Å². The quantitative estimate of drug-likeness (QED) is 0.761. The average Bonchev–Trinajstić information content (AvgIpc) is 2.70. The van der Waals surface area contributed by atoms with Crippen molar-refractivity contribution in [3.63, 3.8) is 0 Å². The summed E-state index contributed by atoms with van der Waals surface area (Å²) < 4.78 is 11.6. The van der Waals surface area contributed by atoms with Gasteiger partial charge >= 0.3 is 0 Å². The van der Waals surface area contributed by atoms with E-state index >= 15 is 0 Å². The Hall–Kier alpha value is -1.60. The number of amides is 1. The van der Waals surface area contributed by atoms with Crippen molar-refractivity contribution in [1.29, 1.82) is 0 Å². The van der Waals surface area contributed by atoms with E-state index in [9.17, 15) is 4.79 Å². The van der Waals surface area contributed by atoms with E-state index in [1.807, 2.05) is 6.92 Å². The van der Waals surface area contributed by atoms with Crippen LogP contribution in [0.25, 0.3) is 0 Å². The van der Waals surface area contributed by atoms with Crippen molar-refractivity contribution >= 4 is 11.7 Å². The van der Waals surface area contributed by atoms with Gasteiger partial charge in [0, 0.05) is 27.8 Å². The van der Waals surface area contributed by atoms with Crippen LogP contribution in [0.15, 0.2) is 6.20 Å². The number of methoxy groups -OCH3 is 2. The number of nitrogens with zero attached hydrogens (tertiary/aromatic N) is 3. The van der Waals surface area contributed by atoms with Gasteiger partial charge in [0.1, 0.15) is 11.4 Å². The maximum atomic E-state index is 12.5. The Balaban J connectivity index is 2.90. The van der Waals surface area contributed by atoms with E-state index in [2.05, 4.69) is 5.10 Å². The largest absolute Gasteiger partial charge is 0.383 e. The van der Waals surface area contributed by atoms with Crippen LogP contribution < -0.4 is 5.73 Å². The molecule has 1 amide bonds. The van der Waals surface area contributed by atoms with Gasteiger partial charge in [0.2, 0.25) is 0 Å². The summed E-state index contributed by atoms with van der Waals surface area (Å²) in [6.07, 6.45) is 1.48. The van der Waals surface area contributed by atoms with Gasteiger partial charge in [-0.25, -0.2) is 0 Å². The number of aryl methyl sites for hydroxylation is 1. The molecule has 1 rings (SSSR count). The molecule has 1 heterocycles. The number of hydrogen-bond acceptors (Lipinski definition) is 5. The Morgan fingerprint density at radius 2 is 2.21 bits per heavy atom. The van der Waals surface area contributed by atoms with E-state index in [1.54, 1.807) is 26.2 Å². The third-order valence-corrected chi connectivity index (χ3v) is 2.95. The summed E-state index contributed by atoms with van der Waals surface area (Å²) in [4.78, 5) is 14.2. The first-order valence-electron chi connectivity index (χ1n) is 6.09. The molecule has 0 spiro atoms. The first kappa shape index (κ1) is 15.5. The molecule has 19 heavy (non-hydrogen) atoms. The van der Waals surface area contributed by atoms with Gasteiger partial charge in [0.25, 0.3) is 5.91 Å². The summed E-state index contributed by atoms with van der Waals surface area (Å²) in [7, 11) is 4.90. The van der Waals surface area contributed by atoms with Gasteiger partial charge in [0.05, 0.1) is 25.5 Å². The molecule has 2 N–H and O–H groups in total. The van der Waals surface area contributed by atoms with Crippen LogP contribution in [0.3, 0.4) is 0 Å². The maximum absolute atomic E-state index is 12.5. The lowest BCUT2D eigenvalue weighted by Gasteiger charge is -2.28. The molecular formula is C12H22N4O3. The van der Waals surface area contributed by atoms with Gasteiger partial charge in [-0.3, -0.25) is 9.48 Å². The van der Waals surface area contributed by atoms with Crippen molar-refractivity contribution in [3.05, 3.63) is 11.8 Å². The van der Waals surface area contributed by atoms with Crippen LogP contribution in [0.2, 0.25) is 0 Å². The molecule has 1 aromatic rings. The molecule has 0 aliphatic rings. The topological polar surface area (TPSA) is 82.6 Å². The van der Waals surface area contributed by atoms with E-state index in [0.717, 1.165) is 0 Å². The summed E-state index contributed by atoms with van der Waals surface area (Å²) in [5, 5.41) is 3.99. The number of ether oxygens (including phenoxy) is 2. The lowest BCUT2D eigenvalue weighted by molar-refractivity contribution is 0.0480. The van der Waals surface area contributed by atoms with Crippen molar-refractivity contribution in [2.75, 3.05) is 39.7 Å². The summed E-state index contributed by atoms with van der Waals surface area (Å²) in [6.45, 7) is 3.31. The molecule has 1 unspecified atom stereocenters. The van der Waals surface area contributed by atoms with Crippen LogP contribution in [-0.4, -0.2) is 60.6 Å². The monoisotopic (exact) mass is 270 g/mol. The van der Waals surface area contributed by atoms with Gasteiger partial charge in [-0.2, -0.15) is 5.10 Å². The Morgan fingerprint density at radius 1 is 1.53 bits per heavy atom. The van der Waals surface area contributed by atoms with Crippen LogP contribution in [0.4, 0.5) is 5.82 Å². The lowest BCUT2D eigenvalue weighted by Crippen LogP contribution is -2.43. The molecule has 1 aromatic heterocycles. The molecule has 108 valence electrons. The molecule has 7 nitrogen and oxygen atoms in total. The van der Waals surface area contributed by atoms with E-state index in [4.69, 9.17) is 15.2 Å². The fourth-order valence-electron chi connectivity index (χ4n) is 1.81. The number of rotatable bonds is 7. The standard InChI is InChI=1S/C12H22N4O3/c1-9(8-19-4)16(5-6-18-3)12(17)10-7-14-15(2)11(10)13/h7,9H,5-6,8,13H2,1-4H3. The third kappa shape index (κ3) is 3.68. The number of hydrogen-bond donors (Lipinski definition) is 1. The van der Waals surface area contributed by atoms with E-state index < -0.39 is 0 Å². The third-order valence-electron chi connectivity index (χ3n) is 2.95. The van der Waals surface area contributed by atoms with Crippen molar-refractivity contribution in [2.24, 2.45) is 7.05 Å². The predicted molar refractivity (Wildman–Crippen MR) is 71.9 cm³/mol. The normalized spacial score (nSPS) is 12.4. The number of aromatic nitrogens is 2. The maximum Gasteiger partial charge on any atom is 0.259 e. The Bertz CT molecular complexity index is 419. The summed E-state index contributed by atoms with van der Waals surface area (Å²) in [5.41, 5.74) is 6.24. The average molecular weight is 270 g/mol. The van der Waals surface area contributed by atoms with Crippen molar-refractivity contribution in [1.82, 2.24) is 14.7 Å². The first-order chi connectivity index (χ1) is 9.02. The summed E-state index contributed by atoms with van der Waals surface area (Å²) in [6, 6.07) is -0.0627. The van der Waals surface area contributed by atoms with Crippen LogP contribution in [0.1, 0.15) is 17.3 Å². The second kappa shape index (κ2) is 7.10. The number of anilines is 1. The SMILES string of the molecule is COCCN(C(=O)c1cnn(C)c1N)C(C)COC. The molecule has 0 aromatic carbocycles. The second-order valence-corrected chi connectivity index (χ2v) is 4.36. The van der Waals surface area contributed by atoms with Crippen molar-refractivity contribution < 1.29 is 14.3 Å². The highest BCUT2D eigenvalue weighted by atomic mass is 16.5. The number of nitrogens with two attached hydrogens (primary N) is 1. The minimum absolute atomic E-state index is 0.0627. The lowest BCUT2D eigenvalue weighted by atomic mass is 10.2. The number of nitrogen functional groups attached to an aromatic ring is 1. The van der Waals surface area contributed by atoms with Crippen molar-refractivity contribution in [2.45, 2.75) is 13.0 Å².